The molecule has 0 atom stereocenters. The number of amides is 1. The molecule has 1 heterocycles. The Hall–Kier alpha value is -1.32. The van der Waals surface area contributed by atoms with Crippen molar-refractivity contribution in [2.24, 2.45) is 0 Å². The van der Waals surface area contributed by atoms with Gasteiger partial charge in [0.2, 0.25) is 6.41 Å². The van der Waals surface area contributed by atoms with Crippen molar-refractivity contribution in [3.05, 3.63) is 18.4 Å². The molecule has 0 radical (unpaired) electrons. The van der Waals surface area contributed by atoms with Gasteiger partial charge in [0, 0.05) is 12.0 Å². The lowest BCUT2D eigenvalue weighted by Gasteiger charge is -2.25. The third kappa shape index (κ3) is 1.95. The highest BCUT2D eigenvalue weighted by molar-refractivity contribution is 5.46. The van der Waals surface area contributed by atoms with Crippen molar-refractivity contribution in [1.29, 1.82) is 0 Å². The minimum Gasteiger partial charge on any atom is -0.449 e. The number of nitrogens with zero attached hydrogens (tertiary/aromatic N) is 1. The molecule has 0 bridgehead atoms. The second kappa shape index (κ2) is 4.26. The van der Waals surface area contributed by atoms with Crippen molar-refractivity contribution < 1.29 is 9.21 Å². The molecule has 0 saturated heterocycles. The summed E-state index contributed by atoms with van der Waals surface area (Å²) in [5.74, 6) is 1.28. The Kier molecular flexibility index (Phi) is 2.81. The third-order valence-electron chi connectivity index (χ3n) is 2.83. The number of oxazole rings is 1. The summed E-state index contributed by atoms with van der Waals surface area (Å²) in [6, 6.07) is 0.346. The Labute approximate surface area is 82.7 Å². The highest BCUT2D eigenvalue weighted by Gasteiger charge is 2.24. The SMILES string of the molecule is O=CNC1CCC(c2ncco2)CC1. The maximum atomic E-state index is 10.2. The number of hydrogen-bond donors (Lipinski definition) is 1. The minimum atomic E-state index is 0.346. The number of rotatable bonds is 3. The molecule has 2 rings (SSSR count). The van der Waals surface area contributed by atoms with Gasteiger partial charge in [-0.15, -0.1) is 0 Å². The van der Waals surface area contributed by atoms with Crippen LogP contribution < -0.4 is 5.32 Å². The molecular weight excluding hydrogens is 180 g/mol. The fourth-order valence-electron chi connectivity index (χ4n) is 2.04. The molecule has 1 saturated carbocycles. The Morgan fingerprint density at radius 2 is 2.21 bits per heavy atom. The van der Waals surface area contributed by atoms with E-state index in [1.54, 1.807) is 12.5 Å². The lowest BCUT2D eigenvalue weighted by Crippen LogP contribution is -2.31. The largest absolute Gasteiger partial charge is 0.449 e. The normalized spacial score (nSPS) is 27.1. The summed E-state index contributed by atoms with van der Waals surface area (Å²) in [4.78, 5) is 14.4. The molecule has 14 heavy (non-hydrogen) atoms. The van der Waals surface area contributed by atoms with Crippen LogP contribution in [0.25, 0.3) is 0 Å². The van der Waals surface area contributed by atoms with Crippen LogP contribution in [0.1, 0.15) is 37.5 Å². The highest BCUT2D eigenvalue weighted by Crippen LogP contribution is 2.31. The summed E-state index contributed by atoms with van der Waals surface area (Å²) >= 11 is 0. The zero-order chi connectivity index (χ0) is 9.80. The number of hydrogen-bond acceptors (Lipinski definition) is 3. The average Bonchev–Trinajstić information content (AvgIpc) is 2.72. The van der Waals surface area contributed by atoms with E-state index in [-0.39, 0.29) is 0 Å². The Balaban J connectivity index is 1.87. The summed E-state index contributed by atoms with van der Waals surface area (Å²) in [5, 5.41) is 2.82. The Morgan fingerprint density at radius 1 is 1.43 bits per heavy atom. The summed E-state index contributed by atoms with van der Waals surface area (Å²) in [6.45, 7) is 0. The van der Waals surface area contributed by atoms with Crippen LogP contribution in [0, 0.1) is 0 Å². The second-order valence-electron chi connectivity index (χ2n) is 3.70. The lowest BCUT2D eigenvalue weighted by atomic mass is 9.86. The molecule has 0 unspecified atom stereocenters. The molecule has 76 valence electrons. The van der Waals surface area contributed by atoms with Gasteiger partial charge in [-0.3, -0.25) is 4.79 Å². The fraction of sp³-hybridized carbons (Fsp3) is 0.600. The van der Waals surface area contributed by atoms with Gasteiger partial charge < -0.3 is 9.73 Å². The molecule has 1 aromatic rings. The van der Waals surface area contributed by atoms with E-state index in [0.717, 1.165) is 38.0 Å². The van der Waals surface area contributed by atoms with Gasteiger partial charge in [-0.25, -0.2) is 4.98 Å². The zero-order valence-corrected chi connectivity index (χ0v) is 7.98. The van der Waals surface area contributed by atoms with Gasteiger partial charge in [0.05, 0.1) is 6.20 Å². The van der Waals surface area contributed by atoms with Gasteiger partial charge in [-0.05, 0) is 25.7 Å². The van der Waals surface area contributed by atoms with E-state index in [1.807, 2.05) is 0 Å². The predicted molar refractivity (Wildman–Crippen MR) is 50.7 cm³/mol. The van der Waals surface area contributed by atoms with Crippen LogP contribution in [0.3, 0.4) is 0 Å². The molecule has 1 N–H and O–H groups in total. The minimum absolute atomic E-state index is 0.346. The maximum absolute atomic E-state index is 10.2. The molecular formula is C10H14N2O2. The zero-order valence-electron chi connectivity index (χ0n) is 7.98. The first kappa shape index (κ1) is 9.24. The van der Waals surface area contributed by atoms with Gasteiger partial charge >= 0.3 is 0 Å². The van der Waals surface area contributed by atoms with Crippen molar-refractivity contribution in [3.63, 3.8) is 0 Å². The van der Waals surface area contributed by atoms with E-state index >= 15 is 0 Å². The molecule has 1 aliphatic carbocycles. The quantitative estimate of drug-likeness (QED) is 0.741. The van der Waals surface area contributed by atoms with Gasteiger partial charge in [-0.1, -0.05) is 0 Å². The highest BCUT2D eigenvalue weighted by atomic mass is 16.3. The number of aromatic nitrogens is 1. The van der Waals surface area contributed by atoms with Crippen molar-refractivity contribution in [3.8, 4) is 0 Å². The van der Waals surface area contributed by atoms with Gasteiger partial charge in [0.25, 0.3) is 0 Å². The van der Waals surface area contributed by atoms with E-state index in [0.29, 0.717) is 12.0 Å². The van der Waals surface area contributed by atoms with E-state index in [2.05, 4.69) is 10.3 Å². The number of carbonyl (C=O) groups is 1. The van der Waals surface area contributed by atoms with E-state index < -0.39 is 0 Å². The molecule has 1 aromatic heterocycles. The first-order valence-electron chi connectivity index (χ1n) is 4.99. The second-order valence-corrected chi connectivity index (χ2v) is 3.70. The smallest absolute Gasteiger partial charge is 0.207 e. The van der Waals surface area contributed by atoms with Crippen LogP contribution in [0.4, 0.5) is 0 Å². The molecule has 0 aromatic carbocycles. The molecule has 4 nitrogen and oxygen atoms in total. The van der Waals surface area contributed by atoms with Crippen molar-refractivity contribution >= 4 is 6.41 Å². The van der Waals surface area contributed by atoms with E-state index in [1.165, 1.54) is 0 Å². The first-order valence-corrected chi connectivity index (χ1v) is 4.99. The van der Waals surface area contributed by atoms with Crippen LogP contribution in [0.5, 0.6) is 0 Å². The molecule has 0 spiro atoms. The molecule has 0 aliphatic heterocycles. The lowest BCUT2D eigenvalue weighted by molar-refractivity contribution is -0.110. The van der Waals surface area contributed by atoms with Gasteiger partial charge in [-0.2, -0.15) is 0 Å². The Morgan fingerprint density at radius 3 is 2.79 bits per heavy atom. The van der Waals surface area contributed by atoms with Crippen LogP contribution in [-0.2, 0) is 4.79 Å². The fourth-order valence-corrected chi connectivity index (χ4v) is 2.04. The standard InChI is InChI=1S/C10H14N2O2/c13-7-12-9-3-1-8(2-4-9)10-11-5-6-14-10/h5-9H,1-4H2,(H,12,13). The van der Waals surface area contributed by atoms with Gasteiger partial charge in [0.1, 0.15) is 6.26 Å². The molecule has 4 heteroatoms. The summed E-state index contributed by atoms with van der Waals surface area (Å²) in [5.41, 5.74) is 0. The predicted octanol–water partition coefficient (Wildman–Crippen LogP) is 1.45. The molecule has 1 amide bonds. The van der Waals surface area contributed by atoms with Crippen molar-refractivity contribution in [1.82, 2.24) is 10.3 Å². The van der Waals surface area contributed by atoms with Crippen LogP contribution in [0.15, 0.2) is 16.9 Å². The summed E-state index contributed by atoms with van der Waals surface area (Å²) in [7, 11) is 0. The number of carbonyl (C=O) groups excluding carboxylic acids is 1. The summed E-state index contributed by atoms with van der Waals surface area (Å²) in [6.07, 6.45) is 8.22. The van der Waals surface area contributed by atoms with Gasteiger partial charge in [0.15, 0.2) is 5.89 Å². The maximum Gasteiger partial charge on any atom is 0.207 e. The Bertz CT molecular complexity index is 276. The van der Waals surface area contributed by atoms with Crippen LogP contribution in [-0.4, -0.2) is 17.4 Å². The average molecular weight is 194 g/mol. The van der Waals surface area contributed by atoms with Crippen LogP contribution in [0.2, 0.25) is 0 Å². The monoisotopic (exact) mass is 194 g/mol. The third-order valence-corrected chi connectivity index (χ3v) is 2.83. The van der Waals surface area contributed by atoms with E-state index in [4.69, 9.17) is 4.42 Å². The number of nitrogens with one attached hydrogen (secondary N) is 1. The summed E-state index contributed by atoms with van der Waals surface area (Å²) < 4.78 is 5.27. The molecule has 1 aliphatic rings. The molecule has 1 fully saturated rings. The first-order chi connectivity index (χ1) is 6.90. The topological polar surface area (TPSA) is 55.1 Å². The van der Waals surface area contributed by atoms with Crippen molar-refractivity contribution in [2.45, 2.75) is 37.6 Å². The van der Waals surface area contributed by atoms with E-state index in [9.17, 15) is 4.79 Å². The van der Waals surface area contributed by atoms with Crippen LogP contribution >= 0.6 is 0 Å². The van der Waals surface area contributed by atoms with Crippen molar-refractivity contribution in [2.75, 3.05) is 0 Å².